The van der Waals surface area contributed by atoms with Gasteiger partial charge < -0.3 is 10.1 Å². The van der Waals surface area contributed by atoms with Crippen LogP contribution in [0.5, 0.6) is 0 Å². The summed E-state index contributed by atoms with van der Waals surface area (Å²) in [5, 5.41) is 15.7. The molecule has 1 atom stereocenters. The van der Waals surface area contributed by atoms with Gasteiger partial charge in [0.2, 0.25) is 11.1 Å². The lowest BCUT2D eigenvalue weighted by Crippen LogP contribution is -2.39. The Labute approximate surface area is 139 Å². The highest BCUT2D eigenvalue weighted by molar-refractivity contribution is 7.99. The summed E-state index contributed by atoms with van der Waals surface area (Å²) < 4.78 is 7.38. The first kappa shape index (κ1) is 15.4. The van der Waals surface area contributed by atoms with Gasteiger partial charge in [-0.2, -0.15) is 0 Å². The molecule has 1 aliphatic heterocycles. The lowest BCUT2D eigenvalue weighted by molar-refractivity contribution is -0.119. The van der Waals surface area contributed by atoms with E-state index >= 15 is 0 Å². The van der Waals surface area contributed by atoms with E-state index < -0.39 is 0 Å². The van der Waals surface area contributed by atoms with Crippen LogP contribution in [0.1, 0.15) is 38.5 Å². The molecule has 2 aliphatic carbocycles. The molecule has 0 radical (unpaired) electrons. The van der Waals surface area contributed by atoms with Gasteiger partial charge in [0.1, 0.15) is 0 Å². The Bertz CT molecular complexity index is 540. The van der Waals surface area contributed by atoms with Crippen LogP contribution in [-0.2, 0) is 16.1 Å². The van der Waals surface area contributed by atoms with Gasteiger partial charge in [0.25, 0.3) is 0 Å². The maximum absolute atomic E-state index is 12.2. The van der Waals surface area contributed by atoms with Gasteiger partial charge in [0.05, 0.1) is 18.4 Å². The van der Waals surface area contributed by atoms with Crippen LogP contribution in [0.15, 0.2) is 5.16 Å². The van der Waals surface area contributed by atoms with Crippen molar-refractivity contribution in [3.05, 3.63) is 0 Å². The van der Waals surface area contributed by atoms with Crippen molar-refractivity contribution in [1.29, 1.82) is 0 Å². The zero-order chi connectivity index (χ0) is 15.6. The molecule has 0 bridgehead atoms. The van der Waals surface area contributed by atoms with E-state index in [1.54, 1.807) is 4.68 Å². The summed E-state index contributed by atoms with van der Waals surface area (Å²) in [6, 6.07) is 0.408. The summed E-state index contributed by atoms with van der Waals surface area (Å²) in [6.45, 7) is 1.49. The number of aromatic nitrogens is 4. The van der Waals surface area contributed by atoms with E-state index in [9.17, 15) is 4.79 Å². The third kappa shape index (κ3) is 4.03. The number of rotatable bonds is 8. The SMILES string of the molecule is O=C(CSc1nnnn1CC1CCCO1)NC(C1CC1)C1CC1. The number of amides is 1. The predicted molar refractivity (Wildman–Crippen MR) is 84.9 cm³/mol. The number of carbonyl (C=O) groups is 1. The van der Waals surface area contributed by atoms with Crippen molar-refractivity contribution in [2.45, 2.75) is 62.4 Å². The summed E-state index contributed by atoms with van der Waals surface area (Å²) in [7, 11) is 0. The minimum Gasteiger partial charge on any atom is -0.376 e. The topological polar surface area (TPSA) is 81.9 Å². The van der Waals surface area contributed by atoms with Crippen LogP contribution >= 0.6 is 11.8 Å². The molecule has 0 spiro atoms. The number of carbonyl (C=O) groups excluding carboxylic acids is 1. The average Bonchev–Trinajstić information content (AvgIpc) is 3.47. The third-order valence-electron chi connectivity index (χ3n) is 4.82. The summed E-state index contributed by atoms with van der Waals surface area (Å²) in [5.41, 5.74) is 0. The standard InChI is InChI=1S/C15H23N5O2S/c21-13(16-14(10-3-4-10)11-5-6-11)9-23-15-17-18-19-20(15)8-12-2-1-7-22-12/h10-12,14H,1-9H2,(H,16,21). The zero-order valence-electron chi connectivity index (χ0n) is 13.2. The Morgan fingerprint density at radius 1 is 1.30 bits per heavy atom. The van der Waals surface area contributed by atoms with Crippen LogP contribution in [-0.4, -0.2) is 50.6 Å². The van der Waals surface area contributed by atoms with Gasteiger partial charge in [-0.15, -0.1) is 5.10 Å². The second-order valence-corrected chi connectivity index (χ2v) is 7.78. The number of nitrogens with one attached hydrogen (secondary N) is 1. The lowest BCUT2D eigenvalue weighted by Gasteiger charge is -2.17. The first-order chi connectivity index (χ1) is 11.3. The van der Waals surface area contributed by atoms with Gasteiger partial charge in [-0.3, -0.25) is 4.79 Å². The molecule has 1 unspecified atom stereocenters. The predicted octanol–water partition coefficient (Wildman–Crippen LogP) is 1.25. The maximum atomic E-state index is 12.2. The minimum absolute atomic E-state index is 0.102. The maximum Gasteiger partial charge on any atom is 0.230 e. The van der Waals surface area contributed by atoms with E-state index in [0.29, 0.717) is 23.5 Å². The molecule has 1 N–H and O–H groups in total. The molecule has 3 aliphatic rings. The Morgan fingerprint density at radius 3 is 2.74 bits per heavy atom. The molecule has 1 saturated heterocycles. The fraction of sp³-hybridized carbons (Fsp3) is 0.867. The molecular weight excluding hydrogens is 314 g/mol. The van der Waals surface area contributed by atoms with Crippen molar-refractivity contribution >= 4 is 17.7 Å². The fourth-order valence-electron chi connectivity index (χ4n) is 3.28. The molecule has 1 aromatic rings. The van der Waals surface area contributed by atoms with Crippen LogP contribution < -0.4 is 5.32 Å². The first-order valence-corrected chi connectivity index (χ1v) is 9.58. The van der Waals surface area contributed by atoms with Crippen LogP contribution in [0.2, 0.25) is 0 Å². The van der Waals surface area contributed by atoms with E-state index in [1.165, 1.54) is 37.4 Å². The van der Waals surface area contributed by atoms with E-state index in [4.69, 9.17) is 4.74 Å². The number of thioether (sulfide) groups is 1. The number of hydrogen-bond acceptors (Lipinski definition) is 6. The highest BCUT2D eigenvalue weighted by atomic mass is 32.2. The first-order valence-electron chi connectivity index (χ1n) is 8.59. The Hall–Kier alpha value is -1.15. The monoisotopic (exact) mass is 337 g/mol. The van der Waals surface area contributed by atoms with Crippen molar-refractivity contribution < 1.29 is 9.53 Å². The molecule has 1 amide bonds. The summed E-state index contributed by atoms with van der Waals surface area (Å²) in [6.07, 6.45) is 7.43. The molecule has 4 rings (SSSR count). The second kappa shape index (κ2) is 6.76. The van der Waals surface area contributed by atoms with Gasteiger partial charge in [-0.05, 0) is 60.8 Å². The van der Waals surface area contributed by atoms with Crippen molar-refractivity contribution in [3.8, 4) is 0 Å². The van der Waals surface area contributed by atoms with Crippen molar-refractivity contribution in [1.82, 2.24) is 25.5 Å². The normalized spacial score (nSPS) is 24.3. The Kier molecular flexibility index (Phi) is 4.52. The summed E-state index contributed by atoms with van der Waals surface area (Å²) >= 11 is 1.41. The van der Waals surface area contributed by atoms with Crippen molar-refractivity contribution in [3.63, 3.8) is 0 Å². The number of ether oxygens (including phenoxy) is 1. The molecule has 1 aromatic heterocycles. The molecule has 2 heterocycles. The largest absolute Gasteiger partial charge is 0.376 e. The number of hydrogen-bond donors (Lipinski definition) is 1. The Morgan fingerprint density at radius 2 is 2.09 bits per heavy atom. The van der Waals surface area contributed by atoms with Gasteiger partial charge in [0.15, 0.2) is 0 Å². The molecule has 126 valence electrons. The quantitative estimate of drug-likeness (QED) is 0.719. The molecule has 0 aromatic carbocycles. The molecule has 23 heavy (non-hydrogen) atoms. The number of nitrogens with zero attached hydrogens (tertiary/aromatic N) is 4. The van der Waals surface area contributed by atoms with E-state index in [2.05, 4.69) is 20.8 Å². The van der Waals surface area contributed by atoms with Crippen LogP contribution in [0.3, 0.4) is 0 Å². The molecule has 7 nitrogen and oxygen atoms in total. The fourth-order valence-corrected chi connectivity index (χ4v) is 3.98. The Balaban J connectivity index is 1.26. The van der Waals surface area contributed by atoms with Gasteiger partial charge in [0, 0.05) is 12.6 Å². The second-order valence-electron chi connectivity index (χ2n) is 6.84. The zero-order valence-corrected chi connectivity index (χ0v) is 14.0. The summed E-state index contributed by atoms with van der Waals surface area (Å²) in [4.78, 5) is 12.2. The van der Waals surface area contributed by atoms with Gasteiger partial charge >= 0.3 is 0 Å². The van der Waals surface area contributed by atoms with Crippen molar-refractivity contribution in [2.75, 3.05) is 12.4 Å². The molecule has 2 saturated carbocycles. The summed E-state index contributed by atoms with van der Waals surface area (Å²) in [5.74, 6) is 1.93. The van der Waals surface area contributed by atoms with Gasteiger partial charge in [-0.25, -0.2) is 4.68 Å². The smallest absolute Gasteiger partial charge is 0.230 e. The van der Waals surface area contributed by atoms with E-state index in [1.807, 2.05) is 0 Å². The molecule has 8 heteroatoms. The number of tetrazole rings is 1. The lowest BCUT2D eigenvalue weighted by atomic mass is 10.1. The third-order valence-corrected chi connectivity index (χ3v) is 5.78. The van der Waals surface area contributed by atoms with Crippen LogP contribution in [0.25, 0.3) is 0 Å². The molecule has 3 fully saturated rings. The van der Waals surface area contributed by atoms with Crippen LogP contribution in [0, 0.1) is 11.8 Å². The van der Waals surface area contributed by atoms with Crippen molar-refractivity contribution in [2.24, 2.45) is 11.8 Å². The van der Waals surface area contributed by atoms with Gasteiger partial charge in [-0.1, -0.05) is 11.8 Å². The van der Waals surface area contributed by atoms with Crippen LogP contribution in [0.4, 0.5) is 0 Å². The highest BCUT2D eigenvalue weighted by Gasteiger charge is 2.42. The van der Waals surface area contributed by atoms with E-state index in [0.717, 1.165) is 31.3 Å². The highest BCUT2D eigenvalue weighted by Crippen LogP contribution is 2.44. The molecular formula is C15H23N5O2S. The average molecular weight is 337 g/mol. The van der Waals surface area contributed by atoms with E-state index in [-0.39, 0.29) is 12.0 Å². The minimum atomic E-state index is 0.102.